The van der Waals surface area contributed by atoms with E-state index in [1.165, 1.54) is 12.1 Å². The molecule has 0 aliphatic carbocycles. The van der Waals surface area contributed by atoms with Gasteiger partial charge in [0.05, 0.1) is 10.6 Å². The predicted molar refractivity (Wildman–Crippen MR) is 103 cm³/mol. The third-order valence-corrected chi connectivity index (χ3v) is 5.24. The standard InChI is InChI=1S/C19H23N3O3S/c1-4-13-20-26(24,25)18-11-9-16(10-12-18)15(3)21-22-19(23)17-7-5-14(2)6-8-17/h5-12,20H,4,13H2,1-3H3,(H,22,23)/b21-15-. The number of nitrogens with zero attached hydrogens (tertiary/aromatic N) is 1. The number of rotatable bonds is 7. The van der Waals surface area contributed by atoms with Gasteiger partial charge < -0.3 is 0 Å². The maximum Gasteiger partial charge on any atom is 0.271 e. The van der Waals surface area contributed by atoms with Crippen LogP contribution in [0.4, 0.5) is 0 Å². The number of hydrogen-bond acceptors (Lipinski definition) is 4. The minimum Gasteiger partial charge on any atom is -0.267 e. The van der Waals surface area contributed by atoms with E-state index in [-0.39, 0.29) is 10.8 Å². The molecule has 2 N–H and O–H groups in total. The van der Waals surface area contributed by atoms with Gasteiger partial charge in [-0.2, -0.15) is 5.10 Å². The smallest absolute Gasteiger partial charge is 0.267 e. The van der Waals surface area contributed by atoms with Gasteiger partial charge >= 0.3 is 0 Å². The molecule has 26 heavy (non-hydrogen) atoms. The first-order chi connectivity index (χ1) is 12.3. The highest BCUT2D eigenvalue weighted by Gasteiger charge is 2.13. The lowest BCUT2D eigenvalue weighted by atomic mass is 10.1. The summed E-state index contributed by atoms with van der Waals surface area (Å²) in [5.41, 5.74) is 5.41. The third-order valence-electron chi connectivity index (χ3n) is 3.76. The van der Waals surface area contributed by atoms with Crippen molar-refractivity contribution in [1.82, 2.24) is 10.1 Å². The highest BCUT2D eigenvalue weighted by atomic mass is 32.2. The van der Waals surface area contributed by atoms with E-state index in [1.54, 1.807) is 31.2 Å². The van der Waals surface area contributed by atoms with Crippen LogP contribution in [-0.4, -0.2) is 26.6 Å². The molecule has 0 saturated carbocycles. The first kappa shape index (κ1) is 19.8. The fraction of sp³-hybridized carbons (Fsp3) is 0.263. The van der Waals surface area contributed by atoms with Gasteiger partial charge in [0.15, 0.2) is 0 Å². The molecule has 1 amide bonds. The predicted octanol–water partition coefficient (Wildman–Crippen LogP) is 2.84. The number of hydrogen-bond donors (Lipinski definition) is 2. The van der Waals surface area contributed by atoms with Crippen LogP contribution >= 0.6 is 0 Å². The van der Waals surface area contributed by atoms with Crippen LogP contribution in [0.3, 0.4) is 0 Å². The van der Waals surface area contributed by atoms with Crippen LogP contribution in [0.1, 0.15) is 41.8 Å². The number of amides is 1. The van der Waals surface area contributed by atoms with Gasteiger partial charge in [-0.05, 0) is 50.1 Å². The average molecular weight is 373 g/mol. The lowest BCUT2D eigenvalue weighted by molar-refractivity contribution is 0.0955. The molecule has 0 fully saturated rings. The Kier molecular flexibility index (Phi) is 6.65. The van der Waals surface area contributed by atoms with Crippen molar-refractivity contribution in [1.29, 1.82) is 0 Å². The van der Waals surface area contributed by atoms with E-state index in [0.717, 1.165) is 17.5 Å². The van der Waals surface area contributed by atoms with Crippen LogP contribution in [-0.2, 0) is 10.0 Å². The minimum absolute atomic E-state index is 0.200. The van der Waals surface area contributed by atoms with Gasteiger partial charge in [0.25, 0.3) is 5.91 Å². The van der Waals surface area contributed by atoms with E-state index in [4.69, 9.17) is 0 Å². The molecule has 0 spiro atoms. The van der Waals surface area contributed by atoms with Gasteiger partial charge in [0.1, 0.15) is 0 Å². The second-order valence-electron chi connectivity index (χ2n) is 5.93. The Morgan fingerprint density at radius 1 is 1.00 bits per heavy atom. The van der Waals surface area contributed by atoms with Crippen molar-refractivity contribution in [2.24, 2.45) is 5.10 Å². The molecule has 7 heteroatoms. The second-order valence-corrected chi connectivity index (χ2v) is 7.69. The number of carbonyl (C=O) groups excluding carboxylic acids is 1. The molecule has 0 bridgehead atoms. The summed E-state index contributed by atoms with van der Waals surface area (Å²) in [4.78, 5) is 12.3. The van der Waals surface area contributed by atoms with Crippen LogP contribution in [0.15, 0.2) is 58.5 Å². The number of nitrogens with one attached hydrogen (secondary N) is 2. The van der Waals surface area contributed by atoms with Crippen LogP contribution in [0.2, 0.25) is 0 Å². The summed E-state index contributed by atoms with van der Waals surface area (Å²) >= 11 is 0. The summed E-state index contributed by atoms with van der Waals surface area (Å²) in [6.07, 6.45) is 0.726. The second kappa shape index (κ2) is 8.73. The van der Waals surface area contributed by atoms with E-state index in [2.05, 4.69) is 15.2 Å². The molecule has 0 heterocycles. The van der Waals surface area contributed by atoms with E-state index in [1.807, 2.05) is 26.0 Å². The number of benzene rings is 2. The van der Waals surface area contributed by atoms with Crippen LogP contribution in [0.5, 0.6) is 0 Å². The Labute approximate surface area is 154 Å². The van der Waals surface area contributed by atoms with Crippen LogP contribution in [0, 0.1) is 6.92 Å². The Bertz CT molecular complexity index is 887. The lowest BCUT2D eigenvalue weighted by Crippen LogP contribution is -2.24. The van der Waals surface area contributed by atoms with Crippen molar-refractivity contribution in [2.45, 2.75) is 32.1 Å². The summed E-state index contributed by atoms with van der Waals surface area (Å²) in [5.74, 6) is -0.299. The normalized spacial score (nSPS) is 12.0. The monoisotopic (exact) mass is 373 g/mol. The van der Waals surface area contributed by atoms with Crippen molar-refractivity contribution >= 4 is 21.6 Å². The van der Waals surface area contributed by atoms with Gasteiger partial charge in [-0.15, -0.1) is 0 Å². The Morgan fingerprint density at radius 2 is 1.58 bits per heavy atom. The first-order valence-electron chi connectivity index (χ1n) is 8.35. The molecule has 2 rings (SSSR count). The Morgan fingerprint density at radius 3 is 2.15 bits per heavy atom. The van der Waals surface area contributed by atoms with Gasteiger partial charge in [-0.25, -0.2) is 18.6 Å². The summed E-state index contributed by atoms with van der Waals surface area (Å²) in [5, 5.41) is 4.09. The fourth-order valence-corrected chi connectivity index (χ4v) is 3.30. The molecular weight excluding hydrogens is 350 g/mol. The number of aryl methyl sites for hydroxylation is 1. The molecule has 0 aliphatic rings. The van der Waals surface area contributed by atoms with Crippen molar-refractivity contribution in [2.75, 3.05) is 6.54 Å². The van der Waals surface area contributed by atoms with E-state index < -0.39 is 10.0 Å². The van der Waals surface area contributed by atoms with Gasteiger partial charge in [0, 0.05) is 12.1 Å². The number of carbonyl (C=O) groups is 1. The number of sulfonamides is 1. The van der Waals surface area contributed by atoms with Crippen molar-refractivity contribution < 1.29 is 13.2 Å². The van der Waals surface area contributed by atoms with Crippen LogP contribution < -0.4 is 10.1 Å². The zero-order valence-electron chi connectivity index (χ0n) is 15.1. The first-order valence-corrected chi connectivity index (χ1v) is 9.83. The third kappa shape index (κ3) is 5.24. The zero-order chi connectivity index (χ0) is 19.2. The molecule has 0 aliphatic heterocycles. The minimum atomic E-state index is -3.49. The summed E-state index contributed by atoms with van der Waals surface area (Å²) in [7, 11) is -3.49. The van der Waals surface area contributed by atoms with Crippen LogP contribution in [0.25, 0.3) is 0 Å². The van der Waals surface area contributed by atoms with E-state index in [9.17, 15) is 13.2 Å². The Balaban J connectivity index is 2.07. The van der Waals surface area contributed by atoms with E-state index >= 15 is 0 Å². The van der Waals surface area contributed by atoms with Gasteiger partial charge in [-0.3, -0.25) is 4.79 Å². The highest BCUT2D eigenvalue weighted by molar-refractivity contribution is 7.89. The molecule has 6 nitrogen and oxygen atoms in total. The molecule has 0 unspecified atom stereocenters. The largest absolute Gasteiger partial charge is 0.271 e. The molecule has 2 aromatic rings. The Hall–Kier alpha value is -2.51. The average Bonchev–Trinajstić information content (AvgIpc) is 2.65. The highest BCUT2D eigenvalue weighted by Crippen LogP contribution is 2.11. The quantitative estimate of drug-likeness (QED) is 0.578. The van der Waals surface area contributed by atoms with Gasteiger partial charge in [0.2, 0.25) is 10.0 Å². The topological polar surface area (TPSA) is 87.6 Å². The van der Waals surface area contributed by atoms with Crippen molar-refractivity contribution in [3.63, 3.8) is 0 Å². The molecule has 138 valence electrons. The fourth-order valence-electron chi connectivity index (χ4n) is 2.16. The molecular formula is C19H23N3O3S. The number of hydrazone groups is 1. The molecule has 0 saturated heterocycles. The maximum absolute atomic E-state index is 12.1. The zero-order valence-corrected chi connectivity index (χ0v) is 15.9. The molecule has 0 atom stereocenters. The van der Waals surface area contributed by atoms with Crippen molar-refractivity contribution in [3.05, 3.63) is 65.2 Å². The van der Waals surface area contributed by atoms with E-state index in [0.29, 0.717) is 17.8 Å². The molecule has 0 radical (unpaired) electrons. The van der Waals surface area contributed by atoms with Crippen molar-refractivity contribution in [3.8, 4) is 0 Å². The molecule has 0 aromatic heterocycles. The summed E-state index contributed by atoms with van der Waals surface area (Å²) in [6.45, 7) is 5.99. The SMILES string of the molecule is CCCNS(=O)(=O)c1ccc(/C(C)=N\NC(=O)c2ccc(C)cc2)cc1. The maximum atomic E-state index is 12.1. The lowest BCUT2D eigenvalue weighted by Gasteiger charge is -2.07. The van der Waals surface area contributed by atoms with Gasteiger partial charge in [-0.1, -0.05) is 36.8 Å². The summed E-state index contributed by atoms with van der Waals surface area (Å²) < 4.78 is 26.7. The summed E-state index contributed by atoms with van der Waals surface area (Å²) in [6, 6.07) is 13.6. The molecule has 2 aromatic carbocycles.